The normalized spacial score (nSPS) is 27.9. The maximum absolute atomic E-state index is 12.2. The molecule has 0 aromatic rings. The maximum atomic E-state index is 12.2. The Kier molecular flexibility index (Phi) is 4.75. The van der Waals surface area contributed by atoms with Crippen LogP contribution in [0.1, 0.15) is 44.9 Å². The van der Waals surface area contributed by atoms with Crippen molar-refractivity contribution < 1.29 is 9.59 Å². The molecule has 0 radical (unpaired) electrons. The quantitative estimate of drug-likeness (QED) is 0.768. The van der Waals surface area contributed by atoms with Gasteiger partial charge in [0.15, 0.2) is 0 Å². The van der Waals surface area contributed by atoms with Gasteiger partial charge < -0.3 is 10.1 Å². The smallest absolute Gasteiger partial charge is 0.237 e. The molecule has 4 nitrogen and oxygen atoms in total. The number of hydrogen-bond acceptors (Lipinski definition) is 3. The van der Waals surface area contributed by atoms with Gasteiger partial charge in [-0.25, -0.2) is 0 Å². The molecule has 0 spiro atoms. The van der Waals surface area contributed by atoms with Gasteiger partial charge in [0.25, 0.3) is 0 Å². The van der Waals surface area contributed by atoms with E-state index in [0.717, 1.165) is 38.5 Å². The molecule has 0 aromatic heterocycles. The summed E-state index contributed by atoms with van der Waals surface area (Å²) in [6.07, 6.45) is 8.71. The van der Waals surface area contributed by atoms with Crippen molar-refractivity contribution in [1.82, 2.24) is 10.2 Å². The molecule has 1 aliphatic heterocycles. The Bertz CT molecular complexity index is 300. The molecule has 1 saturated carbocycles. The van der Waals surface area contributed by atoms with Crippen LogP contribution >= 0.6 is 0 Å². The highest BCUT2D eigenvalue weighted by Crippen LogP contribution is 2.26. The van der Waals surface area contributed by atoms with Crippen LogP contribution in [-0.4, -0.2) is 42.8 Å². The highest BCUT2D eigenvalue weighted by atomic mass is 16.2. The number of amides is 1. The van der Waals surface area contributed by atoms with Gasteiger partial charge in [-0.05, 0) is 45.2 Å². The Morgan fingerprint density at radius 1 is 1.22 bits per heavy atom. The van der Waals surface area contributed by atoms with Crippen LogP contribution in [-0.2, 0) is 9.59 Å². The molecule has 102 valence electrons. The van der Waals surface area contributed by atoms with Crippen molar-refractivity contribution in [3.8, 4) is 0 Å². The maximum Gasteiger partial charge on any atom is 0.237 e. The van der Waals surface area contributed by atoms with Crippen molar-refractivity contribution in [1.29, 1.82) is 0 Å². The average Bonchev–Trinajstić information content (AvgIpc) is 2.83. The van der Waals surface area contributed by atoms with E-state index >= 15 is 0 Å². The van der Waals surface area contributed by atoms with Gasteiger partial charge in [0, 0.05) is 0 Å². The summed E-state index contributed by atoms with van der Waals surface area (Å²) in [5.41, 5.74) is 0. The summed E-state index contributed by atoms with van der Waals surface area (Å²) >= 11 is 0. The van der Waals surface area contributed by atoms with E-state index in [4.69, 9.17) is 0 Å². The fraction of sp³-hybridized carbons (Fsp3) is 0.857. The van der Waals surface area contributed by atoms with E-state index in [9.17, 15) is 9.59 Å². The zero-order valence-corrected chi connectivity index (χ0v) is 11.2. The van der Waals surface area contributed by atoms with Crippen LogP contribution < -0.4 is 5.32 Å². The Balaban J connectivity index is 1.88. The molecule has 2 atom stereocenters. The first-order valence-corrected chi connectivity index (χ1v) is 7.18. The number of rotatable bonds is 4. The van der Waals surface area contributed by atoms with Gasteiger partial charge in [-0.1, -0.05) is 19.3 Å². The second-order valence-electron chi connectivity index (χ2n) is 5.71. The summed E-state index contributed by atoms with van der Waals surface area (Å²) in [7, 11) is 1.98. The van der Waals surface area contributed by atoms with Crippen LogP contribution in [0.4, 0.5) is 0 Å². The Labute approximate surface area is 109 Å². The van der Waals surface area contributed by atoms with Gasteiger partial charge in [0.2, 0.25) is 5.91 Å². The lowest BCUT2D eigenvalue weighted by Crippen LogP contribution is -2.49. The number of nitrogens with one attached hydrogen (secondary N) is 1. The predicted octanol–water partition coefficient (Wildman–Crippen LogP) is 1.34. The van der Waals surface area contributed by atoms with Gasteiger partial charge in [-0.2, -0.15) is 0 Å². The van der Waals surface area contributed by atoms with Crippen molar-refractivity contribution in [2.45, 2.75) is 57.0 Å². The number of likely N-dealkylation sites (tertiary alicyclic amines) is 1. The number of likely N-dealkylation sites (N-methyl/N-ethyl adjacent to an activating group) is 1. The van der Waals surface area contributed by atoms with E-state index in [1.54, 1.807) is 0 Å². The molecule has 1 N–H and O–H groups in total. The Morgan fingerprint density at radius 3 is 2.50 bits per heavy atom. The summed E-state index contributed by atoms with van der Waals surface area (Å²) in [5, 5.41) is 2.96. The van der Waals surface area contributed by atoms with Crippen LogP contribution in [0.2, 0.25) is 0 Å². The molecule has 0 bridgehead atoms. The molecular weight excluding hydrogens is 228 g/mol. The molecule has 18 heavy (non-hydrogen) atoms. The first kappa shape index (κ1) is 13.5. The molecule has 2 rings (SSSR count). The largest absolute Gasteiger partial charge is 0.345 e. The van der Waals surface area contributed by atoms with E-state index in [2.05, 4.69) is 10.2 Å². The van der Waals surface area contributed by atoms with Crippen molar-refractivity contribution >= 4 is 12.2 Å². The lowest BCUT2D eigenvalue weighted by atomic mass is 9.84. The second-order valence-corrected chi connectivity index (χ2v) is 5.71. The zero-order chi connectivity index (χ0) is 13.0. The molecule has 0 unspecified atom stereocenters. The minimum absolute atomic E-state index is 0.0314. The molecule has 2 aliphatic rings. The van der Waals surface area contributed by atoms with Gasteiger partial charge in [0.1, 0.15) is 6.29 Å². The molecule has 1 amide bonds. The van der Waals surface area contributed by atoms with Crippen LogP contribution in [0.3, 0.4) is 0 Å². The number of nitrogens with zero attached hydrogens (tertiary/aromatic N) is 1. The van der Waals surface area contributed by atoms with Gasteiger partial charge >= 0.3 is 0 Å². The first-order valence-electron chi connectivity index (χ1n) is 7.18. The third kappa shape index (κ3) is 3.10. The minimum atomic E-state index is -0.271. The third-order valence-electron chi connectivity index (χ3n) is 4.44. The summed E-state index contributed by atoms with van der Waals surface area (Å²) < 4.78 is 0. The number of carbonyl (C=O) groups is 2. The predicted molar refractivity (Wildman–Crippen MR) is 70.2 cm³/mol. The van der Waals surface area contributed by atoms with E-state index in [1.165, 1.54) is 19.3 Å². The van der Waals surface area contributed by atoms with E-state index < -0.39 is 0 Å². The Morgan fingerprint density at radius 2 is 1.94 bits per heavy atom. The van der Waals surface area contributed by atoms with Crippen LogP contribution in [0.25, 0.3) is 0 Å². The van der Waals surface area contributed by atoms with Crippen LogP contribution in [0.15, 0.2) is 0 Å². The molecule has 1 aliphatic carbocycles. The zero-order valence-electron chi connectivity index (χ0n) is 11.2. The Hall–Kier alpha value is -0.900. The van der Waals surface area contributed by atoms with Crippen molar-refractivity contribution in [2.24, 2.45) is 5.92 Å². The summed E-state index contributed by atoms with van der Waals surface area (Å²) in [6.45, 7) is 0.979. The molecule has 1 saturated heterocycles. The first-order chi connectivity index (χ1) is 8.72. The van der Waals surface area contributed by atoms with Crippen molar-refractivity contribution in [3.05, 3.63) is 0 Å². The topological polar surface area (TPSA) is 49.4 Å². The SMILES string of the molecule is CN1CCC[C@H]1C(=O)N[C@H](C=O)C1CCCCC1. The molecule has 2 fully saturated rings. The monoisotopic (exact) mass is 252 g/mol. The molecule has 4 heteroatoms. The van der Waals surface area contributed by atoms with E-state index in [0.29, 0.717) is 5.92 Å². The number of carbonyl (C=O) groups excluding carboxylic acids is 2. The third-order valence-corrected chi connectivity index (χ3v) is 4.44. The average molecular weight is 252 g/mol. The number of aldehydes is 1. The van der Waals surface area contributed by atoms with Gasteiger partial charge in [-0.15, -0.1) is 0 Å². The summed E-state index contributed by atoms with van der Waals surface area (Å²) in [4.78, 5) is 25.4. The summed E-state index contributed by atoms with van der Waals surface area (Å²) in [5.74, 6) is 0.393. The highest BCUT2D eigenvalue weighted by Gasteiger charge is 2.31. The number of hydrogen-bond donors (Lipinski definition) is 1. The molecular formula is C14H24N2O2. The van der Waals surface area contributed by atoms with Crippen molar-refractivity contribution in [2.75, 3.05) is 13.6 Å². The second kappa shape index (κ2) is 6.32. The minimum Gasteiger partial charge on any atom is -0.345 e. The highest BCUT2D eigenvalue weighted by molar-refractivity contribution is 5.84. The fourth-order valence-corrected chi connectivity index (χ4v) is 3.26. The molecule has 0 aromatic carbocycles. The van der Waals surface area contributed by atoms with Gasteiger partial charge in [-0.3, -0.25) is 9.69 Å². The van der Waals surface area contributed by atoms with Crippen molar-refractivity contribution in [3.63, 3.8) is 0 Å². The summed E-state index contributed by atoms with van der Waals surface area (Å²) in [6, 6.07) is -0.303. The van der Waals surface area contributed by atoms with E-state index in [1.807, 2.05) is 7.05 Å². The van der Waals surface area contributed by atoms with Crippen LogP contribution in [0.5, 0.6) is 0 Å². The van der Waals surface area contributed by atoms with Crippen LogP contribution in [0, 0.1) is 5.92 Å². The molecule has 1 heterocycles. The standard InChI is InChI=1S/C14H24N2O2/c1-16-9-5-8-13(16)14(18)15-12(10-17)11-6-3-2-4-7-11/h10-13H,2-9H2,1H3,(H,15,18)/t12-,13+/m1/s1. The lowest BCUT2D eigenvalue weighted by Gasteiger charge is -2.29. The van der Waals surface area contributed by atoms with E-state index in [-0.39, 0.29) is 18.0 Å². The van der Waals surface area contributed by atoms with Gasteiger partial charge in [0.05, 0.1) is 12.1 Å². The fourth-order valence-electron chi connectivity index (χ4n) is 3.26. The lowest BCUT2D eigenvalue weighted by molar-refractivity contribution is -0.128.